The van der Waals surface area contributed by atoms with Crippen LogP contribution in [0.3, 0.4) is 0 Å². The molecule has 0 radical (unpaired) electrons. The second kappa shape index (κ2) is 22.2. The average Bonchev–Trinajstić information content (AvgIpc) is 3.17. The summed E-state index contributed by atoms with van der Waals surface area (Å²) in [6.45, 7) is 3.84. The number of hydrogen-bond donors (Lipinski definition) is 2. The van der Waals surface area contributed by atoms with Crippen LogP contribution in [0.5, 0.6) is 11.5 Å². The van der Waals surface area contributed by atoms with Gasteiger partial charge in [0.15, 0.2) is 0 Å². The summed E-state index contributed by atoms with van der Waals surface area (Å²) in [5, 5.41) is 20.6. The fraction of sp³-hybridized carbons (Fsp3) is 0.333. The maximum atomic E-state index is 12.6. The van der Waals surface area contributed by atoms with Crippen molar-refractivity contribution in [1.82, 2.24) is 9.80 Å². The second-order valence-corrected chi connectivity index (χ2v) is 13.4. The fourth-order valence-corrected chi connectivity index (χ4v) is 6.14. The molecular formula is C45H52F6N2O4. The minimum atomic E-state index is -4.38. The number of hydrogen-bond acceptors (Lipinski definition) is 6. The molecule has 0 fully saturated rings. The van der Waals surface area contributed by atoms with Crippen LogP contribution in [0.1, 0.15) is 48.2 Å². The molecule has 0 aromatic heterocycles. The molecule has 6 rings (SSSR count). The molecule has 0 amide bonds. The number of aliphatic hydroxyl groups excluding tert-OH is 2. The van der Waals surface area contributed by atoms with Crippen LogP contribution in [0, 0.1) is 0 Å². The smallest absolute Gasteiger partial charge is 0.416 e. The van der Waals surface area contributed by atoms with Crippen molar-refractivity contribution < 1.29 is 46.0 Å². The molecule has 0 aliphatic carbocycles. The molecule has 5 aromatic carbocycles. The van der Waals surface area contributed by atoms with E-state index in [1.807, 2.05) is 72.8 Å². The highest BCUT2D eigenvalue weighted by Gasteiger charge is 2.31. The maximum Gasteiger partial charge on any atom is 0.416 e. The SMILES string of the molecule is C.C.OC(COc1ccc(C(F)(F)F)cc1)CN(Cc1ccccc1)Cc1ccccc1.OC(COc1ccc(C(F)(F)F)cc1)CN1CCc2ccccc2C1. The number of fused-ring (bicyclic) bond motifs is 1. The Kier molecular flexibility index (Phi) is 18.1. The van der Waals surface area contributed by atoms with Crippen LogP contribution in [-0.2, 0) is 38.4 Å². The molecule has 2 atom stereocenters. The second-order valence-electron chi connectivity index (χ2n) is 13.4. The molecule has 0 bridgehead atoms. The quantitative estimate of drug-likeness (QED) is 0.109. The van der Waals surface area contributed by atoms with E-state index in [0.29, 0.717) is 37.7 Å². The Bertz CT molecular complexity index is 1820. The number of nitrogens with zero attached hydrogens (tertiary/aromatic N) is 2. The molecule has 2 unspecified atom stereocenters. The largest absolute Gasteiger partial charge is 0.491 e. The lowest BCUT2D eigenvalue weighted by molar-refractivity contribution is -0.138. The third-order valence-corrected chi connectivity index (χ3v) is 8.89. The predicted octanol–water partition coefficient (Wildman–Crippen LogP) is 9.92. The summed E-state index contributed by atoms with van der Waals surface area (Å²) >= 11 is 0. The molecule has 0 saturated heterocycles. The van der Waals surface area contributed by atoms with Crippen LogP contribution in [-0.4, -0.2) is 65.1 Å². The Hall–Kier alpha value is -4.88. The van der Waals surface area contributed by atoms with Gasteiger partial charge >= 0.3 is 12.4 Å². The van der Waals surface area contributed by atoms with Gasteiger partial charge in [-0.05, 0) is 77.2 Å². The number of ether oxygens (including phenoxy) is 2. The summed E-state index contributed by atoms with van der Waals surface area (Å²) in [5.74, 6) is 0.607. The maximum absolute atomic E-state index is 12.6. The highest BCUT2D eigenvalue weighted by Crippen LogP contribution is 2.31. The van der Waals surface area contributed by atoms with Gasteiger partial charge in [-0.15, -0.1) is 0 Å². The number of alkyl halides is 6. The third kappa shape index (κ3) is 15.5. The molecule has 308 valence electrons. The van der Waals surface area contributed by atoms with E-state index in [9.17, 15) is 36.6 Å². The molecule has 1 heterocycles. The van der Waals surface area contributed by atoms with Gasteiger partial charge in [0.05, 0.1) is 11.1 Å². The van der Waals surface area contributed by atoms with Crippen molar-refractivity contribution in [3.8, 4) is 11.5 Å². The molecule has 12 heteroatoms. The van der Waals surface area contributed by atoms with Gasteiger partial charge in [0.25, 0.3) is 0 Å². The van der Waals surface area contributed by atoms with Crippen molar-refractivity contribution in [2.75, 3.05) is 32.8 Å². The summed E-state index contributed by atoms with van der Waals surface area (Å²) in [4.78, 5) is 4.27. The topological polar surface area (TPSA) is 65.4 Å². The molecule has 5 aromatic rings. The van der Waals surface area contributed by atoms with Crippen LogP contribution < -0.4 is 9.47 Å². The molecule has 2 N–H and O–H groups in total. The molecule has 6 nitrogen and oxygen atoms in total. The van der Waals surface area contributed by atoms with Crippen molar-refractivity contribution in [1.29, 1.82) is 0 Å². The zero-order chi connectivity index (χ0) is 39.3. The first-order valence-electron chi connectivity index (χ1n) is 17.9. The van der Waals surface area contributed by atoms with Crippen LogP contribution in [0.4, 0.5) is 26.3 Å². The van der Waals surface area contributed by atoms with E-state index in [1.54, 1.807) is 0 Å². The Labute approximate surface area is 331 Å². The lowest BCUT2D eigenvalue weighted by Crippen LogP contribution is -2.38. The number of halogens is 6. The molecule has 57 heavy (non-hydrogen) atoms. The predicted molar refractivity (Wildman–Crippen MR) is 212 cm³/mol. The first-order chi connectivity index (χ1) is 26.3. The normalized spacial score (nSPS) is 13.8. The Morgan fingerprint density at radius 3 is 1.44 bits per heavy atom. The van der Waals surface area contributed by atoms with Crippen molar-refractivity contribution in [2.24, 2.45) is 0 Å². The molecule has 0 spiro atoms. The van der Waals surface area contributed by atoms with E-state index < -0.39 is 35.7 Å². The van der Waals surface area contributed by atoms with E-state index in [2.05, 4.69) is 21.9 Å². The van der Waals surface area contributed by atoms with Crippen LogP contribution >= 0.6 is 0 Å². The van der Waals surface area contributed by atoms with Gasteiger partial charge in [0.1, 0.15) is 36.9 Å². The van der Waals surface area contributed by atoms with Gasteiger partial charge in [-0.1, -0.05) is 99.8 Å². The minimum absolute atomic E-state index is 0. The summed E-state index contributed by atoms with van der Waals surface area (Å²) < 4.78 is 86.4. The Balaban J connectivity index is 0.000000299. The van der Waals surface area contributed by atoms with E-state index in [1.165, 1.54) is 35.4 Å². The van der Waals surface area contributed by atoms with Gasteiger partial charge in [-0.3, -0.25) is 9.80 Å². The van der Waals surface area contributed by atoms with Crippen LogP contribution in [0.15, 0.2) is 133 Å². The van der Waals surface area contributed by atoms with Gasteiger partial charge in [-0.2, -0.15) is 26.3 Å². The van der Waals surface area contributed by atoms with Crippen molar-refractivity contribution in [2.45, 2.75) is 65.5 Å². The van der Waals surface area contributed by atoms with E-state index in [4.69, 9.17) is 9.47 Å². The minimum Gasteiger partial charge on any atom is -0.491 e. The molecular weight excluding hydrogens is 746 g/mol. The lowest BCUT2D eigenvalue weighted by Gasteiger charge is -2.30. The van der Waals surface area contributed by atoms with Crippen molar-refractivity contribution in [3.63, 3.8) is 0 Å². The lowest BCUT2D eigenvalue weighted by atomic mass is 10.00. The Morgan fingerprint density at radius 1 is 0.561 bits per heavy atom. The zero-order valence-electron chi connectivity index (χ0n) is 30.1. The number of benzene rings is 5. The van der Waals surface area contributed by atoms with Gasteiger partial charge < -0.3 is 19.7 Å². The summed E-state index contributed by atoms with van der Waals surface area (Å²) in [7, 11) is 0. The van der Waals surface area contributed by atoms with Crippen molar-refractivity contribution >= 4 is 0 Å². The van der Waals surface area contributed by atoms with Crippen LogP contribution in [0.25, 0.3) is 0 Å². The summed E-state index contributed by atoms with van der Waals surface area (Å²) in [6.07, 6.45) is -9.29. The van der Waals surface area contributed by atoms with E-state index in [0.717, 1.165) is 54.9 Å². The van der Waals surface area contributed by atoms with E-state index in [-0.39, 0.29) is 28.1 Å². The number of β-amino-alcohol motifs (C(OH)–C–C–N with tert-alkyl or cyclic N) is 1. The fourth-order valence-electron chi connectivity index (χ4n) is 6.14. The Morgan fingerprint density at radius 2 is 0.982 bits per heavy atom. The van der Waals surface area contributed by atoms with Gasteiger partial charge in [0.2, 0.25) is 0 Å². The summed E-state index contributed by atoms with van der Waals surface area (Å²) in [6, 6.07) is 37.1. The summed E-state index contributed by atoms with van der Waals surface area (Å²) in [5.41, 5.74) is 3.42. The molecule has 0 saturated carbocycles. The van der Waals surface area contributed by atoms with Crippen molar-refractivity contribution in [3.05, 3.63) is 167 Å². The first kappa shape index (κ1) is 46.5. The van der Waals surface area contributed by atoms with Gasteiger partial charge in [-0.25, -0.2) is 0 Å². The zero-order valence-corrected chi connectivity index (χ0v) is 30.1. The number of rotatable bonds is 14. The van der Waals surface area contributed by atoms with Crippen LogP contribution in [0.2, 0.25) is 0 Å². The molecule has 1 aliphatic heterocycles. The molecule has 1 aliphatic rings. The van der Waals surface area contributed by atoms with Gasteiger partial charge in [0, 0.05) is 39.3 Å². The van der Waals surface area contributed by atoms with E-state index >= 15 is 0 Å². The standard InChI is InChI=1S/C24H24F3NO2.C19H20F3NO2.2CH4/c25-24(26,27)21-11-13-23(14-12-21)30-18-22(29)17-28(15-19-7-3-1-4-8-19)16-20-9-5-2-6-10-20;20-19(21,22)16-5-7-18(8-6-16)25-13-17(24)12-23-10-9-14-3-1-2-4-15(14)11-23;;/h1-14,22,29H,15-18H2;1-8,17,24H,9-13H2;2*1H4. The third-order valence-electron chi connectivity index (χ3n) is 8.89. The number of aliphatic hydroxyl groups is 2. The first-order valence-corrected chi connectivity index (χ1v) is 17.9. The highest BCUT2D eigenvalue weighted by molar-refractivity contribution is 5.31. The monoisotopic (exact) mass is 798 g/mol. The highest BCUT2D eigenvalue weighted by atomic mass is 19.4. The average molecular weight is 799 g/mol.